The molecule has 0 unspecified atom stereocenters. The van der Waals surface area contributed by atoms with Crippen LogP contribution < -0.4 is 4.90 Å². The Balaban J connectivity index is 1.51. The van der Waals surface area contributed by atoms with Crippen molar-refractivity contribution < 1.29 is 13.6 Å². The summed E-state index contributed by atoms with van der Waals surface area (Å²) in [5, 5.41) is 7.82. The van der Waals surface area contributed by atoms with Crippen molar-refractivity contribution in [3.05, 3.63) is 29.2 Å². The summed E-state index contributed by atoms with van der Waals surface area (Å²) in [6.45, 7) is 4.07. The van der Waals surface area contributed by atoms with Crippen LogP contribution in [0.4, 0.5) is 10.4 Å². The number of alkyl halides is 1. The predicted molar refractivity (Wildman–Crippen MR) is 95.4 cm³/mol. The van der Waals surface area contributed by atoms with Crippen LogP contribution in [0.2, 0.25) is 0 Å². The molecule has 1 saturated carbocycles. The first-order chi connectivity index (χ1) is 12.9. The second-order valence-electron chi connectivity index (χ2n) is 7.42. The summed E-state index contributed by atoms with van der Waals surface area (Å²) in [7, 11) is 1.72. The third-order valence-corrected chi connectivity index (χ3v) is 5.09. The van der Waals surface area contributed by atoms with Crippen molar-refractivity contribution >= 4 is 11.9 Å². The number of carbonyl (C=O) groups excluding carboxylic acids is 1. The van der Waals surface area contributed by atoms with Gasteiger partial charge in [-0.15, -0.1) is 5.10 Å². The molecule has 4 rings (SSSR count). The Bertz CT molecular complexity index is 852. The summed E-state index contributed by atoms with van der Waals surface area (Å²) in [6, 6.07) is 0.0837. The molecule has 1 amide bonds. The number of aryl methyl sites for hydroxylation is 2. The lowest BCUT2D eigenvalue weighted by Crippen LogP contribution is -2.41. The minimum absolute atomic E-state index is 0.138. The molecular formula is C18H23FN6O2. The highest BCUT2D eigenvalue weighted by Gasteiger charge is 2.37. The molecule has 2 aliphatic rings. The standard InChI is InChI=1S/C18H23FN6O2/c1-10-20-7-15(16(21-10)12-4-5-12)17(26)24(3)9-14-6-13(19)8-25(14)18-23-22-11(2)27-18/h7,12-14H,4-6,8-9H2,1-3H3/t13-,14-/m0/s1. The maximum Gasteiger partial charge on any atom is 0.318 e. The van der Waals surface area contributed by atoms with Crippen LogP contribution in [0.5, 0.6) is 0 Å². The number of halogens is 1. The molecule has 0 spiro atoms. The van der Waals surface area contributed by atoms with Crippen molar-refractivity contribution in [3.8, 4) is 0 Å². The minimum Gasteiger partial charge on any atom is -0.408 e. The van der Waals surface area contributed by atoms with Gasteiger partial charge in [0.25, 0.3) is 5.91 Å². The van der Waals surface area contributed by atoms with Crippen LogP contribution in [0.3, 0.4) is 0 Å². The maximum atomic E-state index is 14.1. The number of aromatic nitrogens is 4. The van der Waals surface area contributed by atoms with Crippen molar-refractivity contribution in [1.82, 2.24) is 25.1 Å². The van der Waals surface area contributed by atoms with Gasteiger partial charge in [-0.1, -0.05) is 5.10 Å². The predicted octanol–water partition coefficient (Wildman–Crippen LogP) is 2.04. The molecule has 0 N–H and O–H groups in total. The van der Waals surface area contributed by atoms with Crippen LogP contribution in [0.1, 0.15) is 52.9 Å². The van der Waals surface area contributed by atoms with Crippen molar-refractivity contribution in [2.45, 2.75) is 51.2 Å². The quantitative estimate of drug-likeness (QED) is 0.791. The highest BCUT2D eigenvalue weighted by molar-refractivity contribution is 5.95. The Morgan fingerprint density at radius 1 is 1.37 bits per heavy atom. The lowest BCUT2D eigenvalue weighted by atomic mass is 10.1. The molecule has 27 heavy (non-hydrogen) atoms. The molecular weight excluding hydrogens is 351 g/mol. The average Bonchev–Trinajstić information content (AvgIpc) is 3.29. The van der Waals surface area contributed by atoms with Crippen molar-refractivity contribution in [1.29, 1.82) is 0 Å². The van der Waals surface area contributed by atoms with Gasteiger partial charge in [-0.05, 0) is 19.8 Å². The summed E-state index contributed by atoms with van der Waals surface area (Å²) in [6.07, 6.45) is 3.04. The minimum atomic E-state index is -0.990. The largest absolute Gasteiger partial charge is 0.408 e. The lowest BCUT2D eigenvalue weighted by molar-refractivity contribution is 0.0783. The maximum absolute atomic E-state index is 14.1. The van der Waals surface area contributed by atoms with E-state index in [-0.39, 0.29) is 18.5 Å². The topological polar surface area (TPSA) is 88.3 Å². The Hall–Kier alpha value is -2.58. The molecule has 0 bridgehead atoms. The fraction of sp³-hybridized carbons (Fsp3) is 0.611. The Morgan fingerprint density at radius 3 is 2.81 bits per heavy atom. The fourth-order valence-corrected chi connectivity index (χ4v) is 3.59. The third-order valence-electron chi connectivity index (χ3n) is 5.09. The Labute approximate surface area is 156 Å². The molecule has 0 radical (unpaired) electrons. The zero-order valence-electron chi connectivity index (χ0n) is 15.7. The first-order valence-corrected chi connectivity index (χ1v) is 9.22. The number of anilines is 1. The molecule has 1 saturated heterocycles. The van der Waals surface area contributed by atoms with Crippen LogP contribution >= 0.6 is 0 Å². The van der Waals surface area contributed by atoms with Gasteiger partial charge < -0.3 is 14.2 Å². The summed E-state index contributed by atoms with van der Waals surface area (Å²) in [4.78, 5) is 25.1. The smallest absolute Gasteiger partial charge is 0.318 e. The Kier molecular flexibility index (Phi) is 4.53. The van der Waals surface area contributed by atoms with Gasteiger partial charge in [-0.3, -0.25) is 4.79 Å². The van der Waals surface area contributed by atoms with Crippen LogP contribution in [-0.4, -0.2) is 63.3 Å². The van der Waals surface area contributed by atoms with Crippen LogP contribution in [0.15, 0.2) is 10.6 Å². The van der Waals surface area contributed by atoms with Gasteiger partial charge in [0, 0.05) is 39.1 Å². The number of hydrogen-bond acceptors (Lipinski definition) is 7. The highest BCUT2D eigenvalue weighted by Crippen LogP contribution is 2.40. The van der Waals surface area contributed by atoms with Gasteiger partial charge in [-0.2, -0.15) is 0 Å². The van der Waals surface area contributed by atoms with Crippen molar-refractivity contribution in [3.63, 3.8) is 0 Å². The van der Waals surface area contributed by atoms with E-state index in [9.17, 15) is 9.18 Å². The molecule has 1 aliphatic heterocycles. The second-order valence-corrected chi connectivity index (χ2v) is 7.42. The van der Waals surface area contributed by atoms with Crippen molar-refractivity contribution in [2.24, 2.45) is 0 Å². The van der Waals surface area contributed by atoms with Crippen LogP contribution in [-0.2, 0) is 0 Å². The van der Waals surface area contributed by atoms with Crippen LogP contribution in [0, 0.1) is 13.8 Å². The number of likely N-dealkylation sites (N-methyl/N-ethyl adjacent to an activating group) is 1. The van der Waals surface area contributed by atoms with E-state index in [1.807, 2.05) is 6.92 Å². The van der Waals surface area contributed by atoms with E-state index in [0.717, 1.165) is 18.5 Å². The van der Waals surface area contributed by atoms with Gasteiger partial charge in [0.05, 0.1) is 23.8 Å². The number of rotatable bonds is 5. The zero-order chi connectivity index (χ0) is 19.1. The molecule has 144 valence electrons. The lowest BCUT2D eigenvalue weighted by Gasteiger charge is -2.27. The van der Waals surface area contributed by atoms with Gasteiger partial charge >= 0.3 is 6.01 Å². The molecule has 1 aliphatic carbocycles. The number of carbonyl (C=O) groups is 1. The third kappa shape index (κ3) is 3.63. The molecule has 9 heteroatoms. The van der Waals surface area contributed by atoms with E-state index in [1.54, 1.807) is 30.0 Å². The monoisotopic (exact) mass is 374 g/mol. The summed E-state index contributed by atoms with van der Waals surface area (Å²) in [5.74, 6) is 1.31. The summed E-state index contributed by atoms with van der Waals surface area (Å²) >= 11 is 0. The molecule has 0 aromatic carbocycles. The molecule has 2 aromatic heterocycles. The van der Waals surface area contributed by atoms with Gasteiger partial charge in [0.2, 0.25) is 5.89 Å². The number of amides is 1. The second kappa shape index (κ2) is 6.86. The van der Waals surface area contributed by atoms with E-state index in [1.165, 1.54) is 0 Å². The summed E-state index contributed by atoms with van der Waals surface area (Å²) < 4.78 is 19.5. The van der Waals surface area contributed by atoms with E-state index in [2.05, 4.69) is 20.2 Å². The van der Waals surface area contributed by atoms with Crippen LogP contribution in [0.25, 0.3) is 0 Å². The molecule has 2 atom stereocenters. The van der Waals surface area contributed by atoms with E-state index in [4.69, 9.17) is 4.42 Å². The average molecular weight is 374 g/mol. The zero-order valence-corrected chi connectivity index (χ0v) is 15.7. The SMILES string of the molecule is Cc1ncc(C(=O)N(C)C[C@@H]2C[C@H](F)CN2c2nnc(C)o2)c(C2CC2)n1. The fourth-order valence-electron chi connectivity index (χ4n) is 3.59. The molecule has 3 heterocycles. The highest BCUT2D eigenvalue weighted by atomic mass is 19.1. The van der Waals surface area contributed by atoms with Crippen molar-refractivity contribution in [2.75, 3.05) is 25.0 Å². The van der Waals surface area contributed by atoms with Gasteiger partial charge in [0.1, 0.15) is 12.0 Å². The van der Waals surface area contributed by atoms with E-state index in [0.29, 0.717) is 42.2 Å². The Morgan fingerprint density at radius 2 is 2.15 bits per heavy atom. The number of nitrogens with zero attached hydrogens (tertiary/aromatic N) is 6. The molecule has 2 aromatic rings. The first-order valence-electron chi connectivity index (χ1n) is 9.22. The summed E-state index contributed by atoms with van der Waals surface area (Å²) in [5.41, 5.74) is 1.37. The van der Waals surface area contributed by atoms with E-state index >= 15 is 0 Å². The molecule has 2 fully saturated rings. The normalized spacial score (nSPS) is 22.3. The molecule has 8 nitrogen and oxygen atoms in total. The first kappa shape index (κ1) is 17.8. The van der Waals surface area contributed by atoms with Gasteiger partial charge in [0.15, 0.2) is 0 Å². The van der Waals surface area contributed by atoms with Gasteiger partial charge in [-0.25, -0.2) is 14.4 Å². The number of hydrogen-bond donors (Lipinski definition) is 0. The van der Waals surface area contributed by atoms with E-state index < -0.39 is 6.17 Å².